The van der Waals surface area contributed by atoms with Crippen LogP contribution in [0.5, 0.6) is 0 Å². The van der Waals surface area contributed by atoms with Gasteiger partial charge in [0.25, 0.3) is 5.69 Å². The zero-order valence-corrected chi connectivity index (χ0v) is 21.2. The summed E-state index contributed by atoms with van der Waals surface area (Å²) in [7, 11) is 0. The van der Waals surface area contributed by atoms with Crippen LogP contribution in [0.15, 0.2) is 58.9 Å². The number of benzene rings is 2. The second-order valence-corrected chi connectivity index (χ2v) is 11.2. The van der Waals surface area contributed by atoms with E-state index in [1.54, 1.807) is 28.9 Å². The van der Waals surface area contributed by atoms with Crippen molar-refractivity contribution in [3.05, 3.63) is 85.0 Å². The first-order chi connectivity index (χ1) is 16.6. The van der Waals surface area contributed by atoms with Gasteiger partial charge in [0.1, 0.15) is 6.04 Å². The van der Waals surface area contributed by atoms with E-state index in [0.717, 1.165) is 16.8 Å². The predicted molar refractivity (Wildman–Crippen MR) is 136 cm³/mol. The van der Waals surface area contributed by atoms with Crippen molar-refractivity contribution >= 4 is 52.4 Å². The van der Waals surface area contributed by atoms with Gasteiger partial charge < -0.3 is 5.32 Å². The molecule has 11 heteroatoms. The van der Waals surface area contributed by atoms with Crippen LogP contribution < -0.4 is 5.32 Å². The maximum atomic E-state index is 13.3. The molecule has 1 atom stereocenters. The number of nitrogens with zero attached hydrogens (tertiary/aromatic N) is 4. The molecule has 2 aromatic carbocycles. The van der Waals surface area contributed by atoms with Crippen molar-refractivity contribution in [2.24, 2.45) is 5.41 Å². The molecule has 1 N–H and O–H groups in total. The lowest BCUT2D eigenvalue weighted by Crippen LogP contribution is -2.36. The molecule has 5 rings (SSSR count). The van der Waals surface area contributed by atoms with Gasteiger partial charge in [-0.15, -0.1) is 5.10 Å². The van der Waals surface area contributed by atoms with E-state index in [9.17, 15) is 14.9 Å². The minimum atomic E-state index is -0.487. The summed E-state index contributed by atoms with van der Waals surface area (Å²) >= 11 is 13.9. The first kappa shape index (κ1) is 23.8. The first-order valence-corrected chi connectivity index (χ1v) is 12.7. The molecule has 0 fully saturated rings. The maximum Gasteiger partial charge on any atom is 0.269 e. The van der Waals surface area contributed by atoms with Crippen molar-refractivity contribution in [1.82, 2.24) is 14.8 Å². The monoisotopic (exact) mass is 529 g/mol. The summed E-state index contributed by atoms with van der Waals surface area (Å²) < 4.78 is 1.71. The molecule has 0 amide bonds. The average Bonchev–Trinajstić information content (AvgIpc) is 3.20. The molecule has 0 spiro atoms. The van der Waals surface area contributed by atoms with Crippen LogP contribution in [0.25, 0.3) is 0 Å². The Bertz CT molecular complexity index is 1400. The van der Waals surface area contributed by atoms with Gasteiger partial charge in [-0.25, -0.2) is 4.68 Å². The molecule has 0 saturated heterocycles. The molecule has 0 bridgehead atoms. The summed E-state index contributed by atoms with van der Waals surface area (Å²) in [6.07, 6.45) is 1.14. The predicted octanol–water partition coefficient (Wildman–Crippen LogP) is 6.44. The van der Waals surface area contributed by atoms with Crippen molar-refractivity contribution in [3.8, 4) is 0 Å². The number of anilines is 1. The Kier molecular flexibility index (Phi) is 6.11. The molecule has 2 aliphatic rings. The molecular weight excluding hydrogens is 509 g/mol. The van der Waals surface area contributed by atoms with Crippen LogP contribution in [0.2, 0.25) is 10.0 Å². The number of nitro benzene ring substituents is 1. The van der Waals surface area contributed by atoms with Gasteiger partial charge in [-0.3, -0.25) is 14.9 Å². The number of fused-ring (bicyclic) bond motifs is 1. The summed E-state index contributed by atoms with van der Waals surface area (Å²) in [5, 5.41) is 20.5. The van der Waals surface area contributed by atoms with Crippen molar-refractivity contribution in [2.75, 3.05) is 5.32 Å². The average molecular weight is 530 g/mol. The molecular formula is C24H21Cl2N5O3S. The number of carbonyl (C=O) groups excluding carboxylic acids is 1. The Hall–Kier alpha value is -2.88. The zero-order chi connectivity index (χ0) is 24.9. The molecule has 1 aromatic heterocycles. The molecule has 0 saturated carbocycles. The summed E-state index contributed by atoms with van der Waals surface area (Å²) in [4.78, 5) is 28.7. The lowest BCUT2D eigenvalue weighted by atomic mass is 9.73. The number of aromatic nitrogens is 3. The molecule has 0 radical (unpaired) electrons. The van der Waals surface area contributed by atoms with Gasteiger partial charge in [0, 0.05) is 35.6 Å². The van der Waals surface area contributed by atoms with E-state index in [1.807, 2.05) is 12.1 Å². The highest BCUT2D eigenvalue weighted by molar-refractivity contribution is 7.98. The lowest BCUT2D eigenvalue weighted by molar-refractivity contribution is -0.384. The number of halogens is 2. The smallest absolute Gasteiger partial charge is 0.269 e. The second-order valence-electron chi connectivity index (χ2n) is 9.41. The van der Waals surface area contributed by atoms with Gasteiger partial charge in [-0.05, 0) is 35.1 Å². The van der Waals surface area contributed by atoms with Gasteiger partial charge in [0.2, 0.25) is 11.1 Å². The van der Waals surface area contributed by atoms with Crippen molar-refractivity contribution in [2.45, 2.75) is 43.6 Å². The van der Waals surface area contributed by atoms with E-state index in [4.69, 9.17) is 28.3 Å². The first-order valence-electron chi connectivity index (χ1n) is 10.9. The number of hydrogen-bond acceptors (Lipinski definition) is 7. The molecule has 3 aromatic rings. The van der Waals surface area contributed by atoms with Crippen LogP contribution >= 0.6 is 35.0 Å². The number of carbonyl (C=O) groups is 1. The number of hydrogen-bond donors (Lipinski definition) is 1. The van der Waals surface area contributed by atoms with Crippen molar-refractivity contribution < 1.29 is 9.72 Å². The Labute approximate surface area is 215 Å². The van der Waals surface area contributed by atoms with Gasteiger partial charge in [0.15, 0.2) is 5.78 Å². The quantitative estimate of drug-likeness (QED) is 0.230. The fourth-order valence-corrected chi connectivity index (χ4v) is 5.63. The van der Waals surface area contributed by atoms with Crippen molar-refractivity contribution in [1.29, 1.82) is 0 Å². The Morgan fingerprint density at radius 2 is 2.00 bits per heavy atom. The maximum absolute atomic E-state index is 13.3. The van der Waals surface area contributed by atoms with Crippen LogP contribution in [0, 0.1) is 15.5 Å². The number of allylic oxidation sites excluding steroid dienone is 2. The third-order valence-electron chi connectivity index (χ3n) is 6.06. The topological polar surface area (TPSA) is 103 Å². The second kappa shape index (κ2) is 8.96. The van der Waals surface area contributed by atoms with E-state index in [1.165, 1.54) is 17.8 Å². The van der Waals surface area contributed by atoms with E-state index in [-0.39, 0.29) is 16.9 Å². The summed E-state index contributed by atoms with van der Waals surface area (Å²) in [5.74, 6) is 1.06. The van der Waals surface area contributed by atoms with E-state index in [2.05, 4.69) is 24.1 Å². The molecule has 180 valence electrons. The molecule has 35 heavy (non-hydrogen) atoms. The molecule has 1 aliphatic carbocycles. The number of nitrogens with one attached hydrogen (secondary N) is 1. The zero-order valence-electron chi connectivity index (χ0n) is 18.9. The highest BCUT2D eigenvalue weighted by Gasteiger charge is 2.42. The van der Waals surface area contributed by atoms with Gasteiger partial charge in [0.05, 0.1) is 15.0 Å². The van der Waals surface area contributed by atoms with Crippen LogP contribution in [0.3, 0.4) is 0 Å². The molecule has 1 unspecified atom stereocenters. The third kappa shape index (κ3) is 4.68. The largest absolute Gasteiger partial charge is 0.328 e. The van der Waals surface area contributed by atoms with Crippen LogP contribution in [-0.4, -0.2) is 25.5 Å². The molecule has 1 aliphatic heterocycles. The Morgan fingerprint density at radius 3 is 2.74 bits per heavy atom. The number of non-ortho nitro benzene ring substituents is 1. The number of rotatable bonds is 5. The lowest BCUT2D eigenvalue weighted by Gasteiger charge is -2.38. The summed E-state index contributed by atoms with van der Waals surface area (Å²) in [6, 6.07) is 11.3. The number of nitro groups is 1. The number of ketones is 1. The minimum absolute atomic E-state index is 0.0412. The summed E-state index contributed by atoms with van der Waals surface area (Å²) in [5.41, 5.74) is 2.96. The van der Waals surface area contributed by atoms with Crippen LogP contribution in [0.4, 0.5) is 11.6 Å². The van der Waals surface area contributed by atoms with Gasteiger partial charge >= 0.3 is 0 Å². The fourth-order valence-electron chi connectivity index (χ4n) is 4.55. The highest BCUT2D eigenvalue weighted by atomic mass is 35.5. The van der Waals surface area contributed by atoms with Crippen LogP contribution in [0.1, 0.15) is 43.9 Å². The number of thioether (sulfide) groups is 1. The van der Waals surface area contributed by atoms with Crippen molar-refractivity contribution in [3.63, 3.8) is 0 Å². The summed E-state index contributed by atoms with van der Waals surface area (Å²) in [6.45, 7) is 4.15. The van der Waals surface area contributed by atoms with Gasteiger partial charge in [-0.1, -0.05) is 67.0 Å². The van der Waals surface area contributed by atoms with E-state index >= 15 is 0 Å². The minimum Gasteiger partial charge on any atom is -0.328 e. The standard InChI is InChI=1S/C24H21Cl2N5O3S/c1-24(2)10-18-20(19(32)11-24)21(14-6-7-16(25)17(26)9-14)30-22(27-18)28-23(29-30)35-12-13-4-3-5-15(8-13)31(33)34/h3-9,21H,10-12H2,1-2H3,(H,27,28,29). The molecule has 2 heterocycles. The SMILES string of the molecule is CC1(C)CC(=O)C2=C(C1)Nc1nc(SCc3cccc([N+](=O)[O-])c3)nn1C2c1ccc(Cl)c(Cl)c1. The third-order valence-corrected chi connectivity index (χ3v) is 7.71. The van der Waals surface area contributed by atoms with Gasteiger partial charge in [-0.2, -0.15) is 4.98 Å². The normalized spacial score (nSPS) is 18.6. The number of Topliss-reactive ketones (excluding diaryl/α,β-unsaturated/α-hetero) is 1. The van der Waals surface area contributed by atoms with Crippen LogP contribution in [-0.2, 0) is 10.5 Å². The molecule has 8 nitrogen and oxygen atoms in total. The highest BCUT2D eigenvalue weighted by Crippen LogP contribution is 2.46. The van der Waals surface area contributed by atoms with E-state index < -0.39 is 11.0 Å². The Balaban J connectivity index is 1.51. The van der Waals surface area contributed by atoms with E-state index in [0.29, 0.717) is 45.3 Å². The fraction of sp³-hybridized carbons (Fsp3) is 0.292. The Morgan fingerprint density at radius 1 is 1.20 bits per heavy atom.